The molecule has 2 N–H and O–H groups in total. The van der Waals surface area contributed by atoms with E-state index >= 15 is 0 Å². The highest BCUT2D eigenvalue weighted by Crippen LogP contribution is 2.39. The summed E-state index contributed by atoms with van der Waals surface area (Å²) in [7, 11) is 0. The summed E-state index contributed by atoms with van der Waals surface area (Å²) in [5.41, 5.74) is 1.86. The van der Waals surface area contributed by atoms with Crippen LogP contribution in [0.5, 0.6) is 0 Å². The first-order valence-corrected chi connectivity index (χ1v) is 12.5. The first-order chi connectivity index (χ1) is 19.4. The number of hydrogen-bond donors (Lipinski definition) is 2. The lowest BCUT2D eigenvalue weighted by Crippen LogP contribution is -2.36. The number of anilines is 3. The van der Waals surface area contributed by atoms with Gasteiger partial charge >= 0.3 is 12.2 Å². The summed E-state index contributed by atoms with van der Waals surface area (Å²) in [5, 5.41) is 13.3. The molecule has 1 fully saturated rings. The van der Waals surface area contributed by atoms with Gasteiger partial charge in [-0.15, -0.1) is 5.10 Å². The van der Waals surface area contributed by atoms with Gasteiger partial charge in [-0.25, -0.2) is 4.99 Å². The number of carbonyl (C=O) groups excluding carboxylic acids is 1. The molecule has 0 radical (unpaired) electrons. The summed E-state index contributed by atoms with van der Waals surface area (Å²) < 4.78 is 53.1. The van der Waals surface area contributed by atoms with Gasteiger partial charge in [0.1, 0.15) is 0 Å². The third-order valence-corrected chi connectivity index (χ3v) is 6.59. The topological polar surface area (TPSA) is 105 Å². The fraction of sp³-hybridized carbons (Fsp3) is 0.214. The summed E-state index contributed by atoms with van der Waals surface area (Å²) in [5.74, 6) is -0.836. The Balaban J connectivity index is 1.32. The zero-order valence-corrected chi connectivity index (χ0v) is 21.0. The maximum atomic E-state index is 14.1. The Morgan fingerprint density at radius 1 is 0.925 bits per heavy atom. The van der Waals surface area contributed by atoms with Gasteiger partial charge in [0.15, 0.2) is 0 Å². The zero-order chi connectivity index (χ0) is 27.7. The second-order valence-corrected chi connectivity index (χ2v) is 9.16. The number of para-hydroxylation sites is 1. The lowest BCUT2D eigenvalue weighted by molar-refractivity contribution is -0.137. The number of morpholine rings is 1. The van der Waals surface area contributed by atoms with Gasteiger partial charge < -0.3 is 24.7 Å². The number of halogens is 3. The van der Waals surface area contributed by atoms with Gasteiger partial charge in [-0.3, -0.25) is 4.79 Å². The second kappa shape index (κ2) is 10.5. The number of aliphatic imine (C=N–C) groups is 1. The Hall–Kier alpha value is -4.71. The molecule has 0 spiro atoms. The Kier molecular flexibility index (Phi) is 6.68. The highest BCUT2D eigenvalue weighted by molar-refractivity contribution is 6.19. The van der Waals surface area contributed by atoms with Crippen LogP contribution < -0.4 is 15.5 Å². The number of benzodiazepines with no additional fused rings is 1. The van der Waals surface area contributed by atoms with E-state index in [0.717, 1.165) is 11.6 Å². The van der Waals surface area contributed by atoms with Crippen molar-refractivity contribution < 1.29 is 27.1 Å². The molecule has 0 aliphatic carbocycles. The van der Waals surface area contributed by atoms with Crippen LogP contribution in [0, 0.1) is 0 Å². The molecule has 3 heterocycles. The monoisotopic (exact) mass is 548 g/mol. The van der Waals surface area contributed by atoms with E-state index in [4.69, 9.17) is 9.15 Å². The normalized spacial score (nSPS) is 17.5. The molecule has 3 aromatic carbocycles. The number of nitrogens with one attached hydrogen (secondary N) is 2. The van der Waals surface area contributed by atoms with E-state index in [9.17, 15) is 18.0 Å². The summed E-state index contributed by atoms with van der Waals surface area (Å²) >= 11 is 0. The van der Waals surface area contributed by atoms with Crippen LogP contribution in [0.4, 0.5) is 30.6 Å². The molecule has 4 aromatic rings. The number of rotatable bonds is 5. The van der Waals surface area contributed by atoms with Gasteiger partial charge in [-0.1, -0.05) is 53.6 Å². The van der Waals surface area contributed by atoms with E-state index in [2.05, 4.69) is 25.8 Å². The fourth-order valence-electron chi connectivity index (χ4n) is 4.66. The van der Waals surface area contributed by atoms with Crippen molar-refractivity contribution in [1.82, 2.24) is 10.2 Å². The van der Waals surface area contributed by atoms with Crippen LogP contribution in [0.3, 0.4) is 0 Å². The summed E-state index contributed by atoms with van der Waals surface area (Å²) in [6.45, 7) is 1.86. The molecule has 9 nitrogen and oxygen atoms in total. The predicted molar refractivity (Wildman–Crippen MR) is 142 cm³/mol. The number of alkyl halides is 3. The lowest BCUT2D eigenvalue weighted by Gasteiger charge is -2.29. The van der Waals surface area contributed by atoms with E-state index in [1.165, 1.54) is 6.07 Å². The molecule has 1 saturated heterocycles. The van der Waals surface area contributed by atoms with Crippen molar-refractivity contribution in [2.45, 2.75) is 12.3 Å². The van der Waals surface area contributed by atoms with Crippen LogP contribution in [-0.4, -0.2) is 54.3 Å². The minimum absolute atomic E-state index is 0.248. The molecule has 1 unspecified atom stereocenters. The molecular weight excluding hydrogens is 525 g/mol. The fourth-order valence-corrected chi connectivity index (χ4v) is 4.66. The van der Waals surface area contributed by atoms with Crippen LogP contribution in [0.15, 0.2) is 82.2 Å². The minimum atomic E-state index is -4.67. The molecule has 0 saturated carbocycles. The van der Waals surface area contributed by atoms with E-state index < -0.39 is 23.8 Å². The number of aromatic nitrogens is 2. The molecule has 40 heavy (non-hydrogen) atoms. The Morgan fingerprint density at radius 2 is 1.68 bits per heavy atom. The van der Waals surface area contributed by atoms with Gasteiger partial charge in [-0.05, 0) is 24.3 Å². The van der Waals surface area contributed by atoms with Crippen molar-refractivity contribution in [3.63, 3.8) is 0 Å². The van der Waals surface area contributed by atoms with E-state index in [-0.39, 0.29) is 17.5 Å². The van der Waals surface area contributed by atoms with Crippen LogP contribution in [0.2, 0.25) is 0 Å². The Bertz CT molecular complexity index is 1570. The van der Waals surface area contributed by atoms with E-state index in [1.807, 2.05) is 47.4 Å². The summed E-state index contributed by atoms with van der Waals surface area (Å²) in [6.07, 6.45) is -5.86. The smallest absolute Gasteiger partial charge is 0.403 e. The first-order valence-electron chi connectivity index (χ1n) is 12.5. The van der Waals surface area contributed by atoms with Crippen molar-refractivity contribution in [2.24, 2.45) is 4.99 Å². The van der Waals surface area contributed by atoms with Crippen molar-refractivity contribution >= 4 is 29.0 Å². The first kappa shape index (κ1) is 25.6. The summed E-state index contributed by atoms with van der Waals surface area (Å²) in [4.78, 5) is 19.5. The Morgan fingerprint density at radius 3 is 2.45 bits per heavy atom. The highest BCUT2D eigenvalue weighted by atomic mass is 19.4. The predicted octanol–water partition coefficient (Wildman–Crippen LogP) is 4.82. The van der Waals surface area contributed by atoms with Crippen molar-refractivity contribution in [3.05, 3.63) is 89.5 Å². The number of amides is 1. The number of fused-ring (bicyclic) bond motifs is 1. The SMILES string of the molecule is O=C1Nc2ccccc2C(c2ccccc2)=NC1Nc1nnc(-c2ccc(N3CCOCC3)cc2C(F)(F)F)o1. The van der Waals surface area contributed by atoms with Gasteiger partial charge in [0.25, 0.3) is 5.91 Å². The molecular formula is C28H23F3N6O3. The number of carbonyl (C=O) groups is 1. The number of ether oxygens (including phenoxy) is 1. The molecule has 1 aromatic heterocycles. The third kappa shape index (κ3) is 5.13. The van der Waals surface area contributed by atoms with E-state index in [1.54, 1.807) is 18.2 Å². The summed E-state index contributed by atoms with van der Waals surface area (Å²) in [6, 6.07) is 20.3. The third-order valence-electron chi connectivity index (χ3n) is 6.59. The highest BCUT2D eigenvalue weighted by Gasteiger charge is 2.36. The molecule has 2 aliphatic heterocycles. The lowest BCUT2D eigenvalue weighted by atomic mass is 10.0. The van der Waals surface area contributed by atoms with Gasteiger partial charge in [0.2, 0.25) is 12.1 Å². The maximum absolute atomic E-state index is 14.1. The molecule has 1 atom stereocenters. The average Bonchev–Trinajstić information content (AvgIpc) is 3.39. The molecule has 12 heteroatoms. The largest absolute Gasteiger partial charge is 0.417 e. The number of hydrogen-bond acceptors (Lipinski definition) is 8. The van der Waals surface area contributed by atoms with Crippen molar-refractivity contribution in [1.29, 1.82) is 0 Å². The number of benzene rings is 3. The average molecular weight is 549 g/mol. The van der Waals surface area contributed by atoms with E-state index in [0.29, 0.717) is 49.0 Å². The molecule has 1 amide bonds. The maximum Gasteiger partial charge on any atom is 0.417 e. The van der Waals surface area contributed by atoms with Crippen molar-refractivity contribution in [2.75, 3.05) is 41.8 Å². The van der Waals surface area contributed by atoms with Crippen molar-refractivity contribution in [3.8, 4) is 11.5 Å². The van der Waals surface area contributed by atoms with Crippen LogP contribution in [0.1, 0.15) is 16.7 Å². The van der Waals surface area contributed by atoms with Gasteiger partial charge in [0, 0.05) is 29.9 Å². The number of nitrogens with zero attached hydrogens (tertiary/aromatic N) is 4. The minimum Gasteiger partial charge on any atom is -0.403 e. The van der Waals surface area contributed by atoms with Gasteiger partial charge in [0.05, 0.1) is 35.7 Å². The van der Waals surface area contributed by atoms with Crippen LogP contribution in [-0.2, 0) is 15.7 Å². The van der Waals surface area contributed by atoms with Gasteiger partial charge in [-0.2, -0.15) is 13.2 Å². The molecule has 0 bridgehead atoms. The Labute approximate surface area is 226 Å². The quantitative estimate of drug-likeness (QED) is 0.369. The van der Waals surface area contributed by atoms with Crippen LogP contribution in [0.25, 0.3) is 11.5 Å². The zero-order valence-electron chi connectivity index (χ0n) is 21.0. The standard InChI is InChI=1S/C28H23F3N6O3/c29-28(30,31)21-16-18(37-12-14-39-15-13-37)10-11-19(21)26-35-36-27(40-26)34-24-25(38)32-22-9-5-4-8-20(22)23(33-24)17-6-2-1-3-7-17/h1-11,16,24H,12-15H2,(H,32,38)(H,34,36). The van der Waals surface area contributed by atoms with Crippen LogP contribution >= 0.6 is 0 Å². The molecule has 2 aliphatic rings. The molecule has 6 rings (SSSR count). The molecule has 204 valence electrons. The second-order valence-electron chi connectivity index (χ2n) is 9.16.